The Morgan fingerprint density at radius 3 is 1.18 bits per heavy atom. The number of amides is 4. The molecule has 0 aromatic rings. The van der Waals surface area contributed by atoms with Gasteiger partial charge in [0.15, 0.2) is 0 Å². The molecule has 1 saturated carbocycles. The first-order chi connectivity index (χ1) is 13.1. The van der Waals surface area contributed by atoms with Gasteiger partial charge in [-0.15, -0.1) is 0 Å². The maximum absolute atomic E-state index is 12.9. The van der Waals surface area contributed by atoms with Crippen molar-refractivity contribution < 1.29 is 39.0 Å². The zero-order valence-electron chi connectivity index (χ0n) is 15.0. The number of aliphatic carboxylic acids is 2. The third-order valence-electron chi connectivity index (χ3n) is 6.57. The molecule has 0 aromatic heterocycles. The van der Waals surface area contributed by atoms with Crippen molar-refractivity contribution in [2.75, 3.05) is 0 Å². The minimum Gasteiger partial charge on any atom is -0.480 e. The summed E-state index contributed by atoms with van der Waals surface area (Å²) in [7, 11) is 0. The molecule has 2 N–H and O–H groups in total. The molecular formula is C18H18N2O8. The minimum atomic E-state index is -1.35. The molecule has 2 heterocycles. The predicted molar refractivity (Wildman–Crippen MR) is 88.0 cm³/mol. The first kappa shape index (κ1) is 18.3. The summed E-state index contributed by atoms with van der Waals surface area (Å²) in [5.74, 6) is -10.4. The Kier molecular flexibility index (Phi) is 3.75. The molecule has 0 aromatic carbocycles. The van der Waals surface area contributed by atoms with Gasteiger partial charge in [0.25, 0.3) is 0 Å². The molecule has 0 radical (unpaired) electrons. The van der Waals surface area contributed by atoms with E-state index in [1.165, 1.54) is 13.8 Å². The number of likely N-dealkylation sites (tertiary alicyclic amines) is 2. The molecule has 5 aliphatic rings. The van der Waals surface area contributed by atoms with E-state index in [9.17, 15) is 39.0 Å². The largest absolute Gasteiger partial charge is 0.480 e. The Balaban J connectivity index is 1.75. The topological polar surface area (TPSA) is 149 Å². The van der Waals surface area contributed by atoms with Crippen LogP contribution in [0.4, 0.5) is 0 Å². The van der Waals surface area contributed by atoms with Crippen molar-refractivity contribution in [3.63, 3.8) is 0 Å². The second-order valence-corrected chi connectivity index (χ2v) is 7.76. The highest BCUT2D eigenvalue weighted by molar-refractivity contribution is 6.12. The molecule has 0 spiro atoms. The van der Waals surface area contributed by atoms with Gasteiger partial charge in [0.2, 0.25) is 23.6 Å². The molecule has 3 aliphatic carbocycles. The van der Waals surface area contributed by atoms with Gasteiger partial charge in [-0.25, -0.2) is 9.59 Å². The van der Waals surface area contributed by atoms with Crippen LogP contribution in [0.5, 0.6) is 0 Å². The van der Waals surface area contributed by atoms with Gasteiger partial charge in [-0.3, -0.25) is 29.0 Å². The Morgan fingerprint density at radius 2 is 0.964 bits per heavy atom. The van der Waals surface area contributed by atoms with Crippen molar-refractivity contribution in [3.8, 4) is 0 Å². The van der Waals surface area contributed by atoms with Gasteiger partial charge in [-0.05, 0) is 13.8 Å². The number of nitrogens with zero attached hydrogens (tertiary/aromatic N) is 2. The lowest BCUT2D eigenvalue weighted by Gasteiger charge is -2.44. The molecule has 4 amide bonds. The summed E-state index contributed by atoms with van der Waals surface area (Å²) in [6.07, 6.45) is 3.26. The average molecular weight is 390 g/mol. The second-order valence-electron chi connectivity index (χ2n) is 7.76. The molecule has 2 aliphatic heterocycles. The van der Waals surface area contributed by atoms with Gasteiger partial charge < -0.3 is 10.2 Å². The van der Waals surface area contributed by atoms with Crippen molar-refractivity contribution in [2.45, 2.75) is 25.9 Å². The van der Waals surface area contributed by atoms with E-state index in [1.54, 1.807) is 12.2 Å². The summed E-state index contributed by atoms with van der Waals surface area (Å²) in [5.41, 5.74) is 0. The van der Waals surface area contributed by atoms with E-state index in [-0.39, 0.29) is 0 Å². The van der Waals surface area contributed by atoms with Crippen LogP contribution in [0.3, 0.4) is 0 Å². The molecule has 3 fully saturated rings. The van der Waals surface area contributed by atoms with Gasteiger partial charge in [0.05, 0.1) is 23.7 Å². The monoisotopic (exact) mass is 390 g/mol. The average Bonchev–Trinajstić information content (AvgIpc) is 3.08. The zero-order chi connectivity index (χ0) is 20.7. The Bertz CT molecular complexity index is 765. The predicted octanol–water partition coefficient (Wildman–Crippen LogP) is -1.05. The second kappa shape index (κ2) is 5.73. The van der Waals surface area contributed by atoms with E-state index in [0.717, 1.165) is 9.80 Å². The highest BCUT2D eigenvalue weighted by atomic mass is 16.4. The number of carboxylic acid groups (broad SMARTS) is 2. The van der Waals surface area contributed by atoms with Crippen LogP contribution in [0.25, 0.3) is 0 Å². The first-order valence-corrected chi connectivity index (χ1v) is 8.97. The zero-order valence-corrected chi connectivity index (χ0v) is 15.0. The number of carbonyl (C=O) groups excluding carboxylic acids is 4. The van der Waals surface area contributed by atoms with Crippen LogP contribution in [0.1, 0.15) is 13.8 Å². The van der Waals surface area contributed by atoms with Crippen LogP contribution in [-0.2, 0) is 28.8 Å². The van der Waals surface area contributed by atoms with Crippen molar-refractivity contribution in [3.05, 3.63) is 12.2 Å². The molecule has 2 bridgehead atoms. The molecule has 10 heteroatoms. The van der Waals surface area contributed by atoms with Crippen LogP contribution in [0, 0.1) is 35.5 Å². The molecule has 5 rings (SSSR count). The number of rotatable bonds is 4. The lowest BCUT2D eigenvalue weighted by atomic mass is 9.54. The highest BCUT2D eigenvalue weighted by Crippen LogP contribution is 2.58. The summed E-state index contributed by atoms with van der Waals surface area (Å²) in [6, 6.07) is -2.69. The number of imide groups is 2. The Morgan fingerprint density at radius 1 is 0.714 bits per heavy atom. The number of hydrogen-bond donors (Lipinski definition) is 2. The van der Waals surface area contributed by atoms with Crippen molar-refractivity contribution in [1.29, 1.82) is 0 Å². The molecular weight excluding hydrogens is 372 g/mol. The van der Waals surface area contributed by atoms with Crippen LogP contribution in [0.15, 0.2) is 12.2 Å². The summed E-state index contributed by atoms with van der Waals surface area (Å²) >= 11 is 0. The summed E-state index contributed by atoms with van der Waals surface area (Å²) < 4.78 is 0. The molecule has 148 valence electrons. The fourth-order valence-electron chi connectivity index (χ4n) is 5.26. The number of allylic oxidation sites excluding steroid dienone is 2. The van der Waals surface area contributed by atoms with E-state index in [1.807, 2.05) is 0 Å². The quantitative estimate of drug-likeness (QED) is 0.456. The first-order valence-electron chi connectivity index (χ1n) is 8.97. The molecule has 28 heavy (non-hydrogen) atoms. The van der Waals surface area contributed by atoms with Crippen LogP contribution < -0.4 is 0 Å². The van der Waals surface area contributed by atoms with E-state index in [0.29, 0.717) is 0 Å². The van der Waals surface area contributed by atoms with Crippen molar-refractivity contribution in [1.82, 2.24) is 9.80 Å². The molecule has 2 saturated heterocycles. The van der Waals surface area contributed by atoms with E-state index in [2.05, 4.69) is 0 Å². The number of carboxylic acids is 2. The van der Waals surface area contributed by atoms with E-state index in [4.69, 9.17) is 0 Å². The third-order valence-corrected chi connectivity index (χ3v) is 6.57. The lowest BCUT2D eigenvalue weighted by Crippen LogP contribution is -2.50. The fourth-order valence-corrected chi connectivity index (χ4v) is 5.26. The minimum absolute atomic E-state index is 0.660. The maximum atomic E-state index is 12.9. The van der Waals surface area contributed by atoms with Gasteiger partial charge in [-0.1, -0.05) is 12.2 Å². The Labute approximate surface area is 158 Å². The summed E-state index contributed by atoms with van der Waals surface area (Å²) in [4.78, 5) is 75.6. The molecule has 6 atom stereocenters. The molecule has 6 unspecified atom stereocenters. The normalized spacial score (nSPS) is 37.9. The van der Waals surface area contributed by atoms with Gasteiger partial charge >= 0.3 is 11.9 Å². The van der Waals surface area contributed by atoms with Crippen LogP contribution in [0.2, 0.25) is 0 Å². The lowest BCUT2D eigenvalue weighted by molar-refractivity contribution is -0.155. The molecule has 10 nitrogen and oxygen atoms in total. The van der Waals surface area contributed by atoms with Crippen LogP contribution in [-0.4, -0.2) is 67.7 Å². The third kappa shape index (κ3) is 2.02. The van der Waals surface area contributed by atoms with Gasteiger partial charge in [-0.2, -0.15) is 0 Å². The smallest absolute Gasteiger partial charge is 0.326 e. The number of carbonyl (C=O) groups is 6. The number of hydrogen-bond acceptors (Lipinski definition) is 6. The summed E-state index contributed by atoms with van der Waals surface area (Å²) in [5, 5.41) is 18.4. The van der Waals surface area contributed by atoms with Crippen molar-refractivity contribution in [2.24, 2.45) is 35.5 Å². The van der Waals surface area contributed by atoms with Gasteiger partial charge in [0.1, 0.15) is 12.1 Å². The van der Waals surface area contributed by atoms with Gasteiger partial charge in [0, 0.05) is 11.8 Å². The van der Waals surface area contributed by atoms with Crippen LogP contribution >= 0.6 is 0 Å². The Hall–Kier alpha value is -3.04. The summed E-state index contributed by atoms with van der Waals surface area (Å²) in [6.45, 7) is 2.47. The standard InChI is InChI=1S/C18H18N2O8/c1-5(17(25)26)19-13(21)9-7-3-4-8(10(9)14(19)22)12-11(7)15(23)20(16(12)24)6(2)18(27)28/h3-12H,1-2H3,(H,25,26)(H,27,28). The maximum Gasteiger partial charge on any atom is 0.326 e. The highest BCUT2D eigenvalue weighted by Gasteiger charge is 2.69. The van der Waals surface area contributed by atoms with Crippen molar-refractivity contribution >= 4 is 35.6 Å². The fraction of sp³-hybridized carbons (Fsp3) is 0.556. The van der Waals surface area contributed by atoms with E-state index >= 15 is 0 Å². The SMILES string of the molecule is CC(C(=O)O)N1C(=O)C2C3C=CC(C2C1=O)C1C(=O)N(C(C)C(=O)O)C(=O)C31. The van der Waals surface area contributed by atoms with E-state index < -0.39 is 83.2 Å².